The number of esters is 1. The molecule has 0 heterocycles. The first kappa shape index (κ1) is 31.6. The summed E-state index contributed by atoms with van der Waals surface area (Å²) in [6.07, 6.45) is 34.0. The second kappa shape index (κ2) is 25.3. The number of hydrogen-bond donors (Lipinski definition) is 1. The standard InChI is InChI=1S/C30H48O4/c1-3-5-7-8-9-10-11-12-13-14-15-16-17-18-23-27-30(33)34-28(24-20-6-4-2)25-21-19-22-26-29(31)32/h5,7,9-10,12-13,15-16,18,23,28H,3-4,6,8,11,14,17,19-22,24-27H2,1-2H3,(H,31,32)/b7-5-,10-9-,13-12-,16-15-,23-18-. The quantitative estimate of drug-likeness (QED) is 0.0972. The summed E-state index contributed by atoms with van der Waals surface area (Å²) < 4.78 is 5.70. The average molecular weight is 473 g/mol. The van der Waals surface area contributed by atoms with E-state index in [4.69, 9.17) is 9.84 Å². The lowest BCUT2D eigenvalue weighted by Gasteiger charge is -2.17. The number of ether oxygens (including phenoxy) is 1. The Morgan fingerprint density at radius 2 is 1.18 bits per heavy atom. The van der Waals surface area contributed by atoms with E-state index in [9.17, 15) is 9.59 Å². The van der Waals surface area contributed by atoms with Gasteiger partial charge in [0.1, 0.15) is 6.10 Å². The second-order valence-corrected chi connectivity index (χ2v) is 8.51. The predicted molar refractivity (Wildman–Crippen MR) is 144 cm³/mol. The molecule has 1 unspecified atom stereocenters. The first-order valence-corrected chi connectivity index (χ1v) is 13.3. The van der Waals surface area contributed by atoms with Crippen molar-refractivity contribution in [3.63, 3.8) is 0 Å². The molecule has 0 saturated heterocycles. The fourth-order valence-electron chi connectivity index (χ4n) is 3.37. The first-order chi connectivity index (χ1) is 16.6. The SMILES string of the molecule is CC/C=C\C/C=C\C/C=C\C/C=C\C/C=C\CC(=O)OC(CCCCC)CCCCCC(=O)O. The van der Waals surface area contributed by atoms with Crippen LogP contribution >= 0.6 is 0 Å². The van der Waals surface area contributed by atoms with Crippen LogP contribution in [0.15, 0.2) is 60.8 Å². The lowest BCUT2D eigenvalue weighted by atomic mass is 10.0. The fraction of sp³-hybridized carbons (Fsp3) is 0.600. The van der Waals surface area contributed by atoms with Gasteiger partial charge >= 0.3 is 11.9 Å². The van der Waals surface area contributed by atoms with Gasteiger partial charge in [0.15, 0.2) is 0 Å². The predicted octanol–water partition coefficient (Wildman–Crippen LogP) is 8.66. The lowest BCUT2D eigenvalue weighted by molar-refractivity contribution is -0.148. The van der Waals surface area contributed by atoms with Crippen molar-refractivity contribution in [3.05, 3.63) is 60.8 Å². The highest BCUT2D eigenvalue weighted by molar-refractivity contribution is 5.71. The van der Waals surface area contributed by atoms with Crippen molar-refractivity contribution in [2.24, 2.45) is 0 Å². The van der Waals surface area contributed by atoms with E-state index in [0.717, 1.165) is 77.0 Å². The van der Waals surface area contributed by atoms with E-state index in [-0.39, 0.29) is 18.5 Å². The third-order valence-corrected chi connectivity index (χ3v) is 5.29. The molecule has 0 saturated carbocycles. The van der Waals surface area contributed by atoms with Crippen LogP contribution in [0.5, 0.6) is 0 Å². The number of allylic oxidation sites excluding steroid dienone is 9. The Kier molecular flexibility index (Phi) is 23.5. The molecule has 192 valence electrons. The summed E-state index contributed by atoms with van der Waals surface area (Å²) in [6, 6.07) is 0. The van der Waals surface area contributed by atoms with E-state index in [1.807, 2.05) is 12.2 Å². The number of hydrogen-bond acceptors (Lipinski definition) is 3. The lowest BCUT2D eigenvalue weighted by Crippen LogP contribution is -2.18. The summed E-state index contributed by atoms with van der Waals surface area (Å²) in [4.78, 5) is 22.8. The molecule has 0 aromatic rings. The molecule has 0 aromatic carbocycles. The zero-order chi connectivity index (χ0) is 25.1. The molecule has 4 nitrogen and oxygen atoms in total. The molecule has 1 atom stereocenters. The highest BCUT2D eigenvalue weighted by Gasteiger charge is 2.13. The van der Waals surface area contributed by atoms with Gasteiger partial charge in [-0.25, -0.2) is 0 Å². The molecular weight excluding hydrogens is 424 g/mol. The molecule has 0 aliphatic heterocycles. The van der Waals surface area contributed by atoms with Crippen molar-refractivity contribution in [3.8, 4) is 0 Å². The fourth-order valence-corrected chi connectivity index (χ4v) is 3.37. The van der Waals surface area contributed by atoms with Crippen LogP contribution in [-0.4, -0.2) is 23.1 Å². The highest BCUT2D eigenvalue weighted by atomic mass is 16.5. The summed E-state index contributed by atoms with van der Waals surface area (Å²) in [6.45, 7) is 4.30. The molecule has 0 rings (SSSR count). The van der Waals surface area contributed by atoms with E-state index in [0.29, 0.717) is 12.8 Å². The number of aliphatic carboxylic acids is 1. The average Bonchev–Trinajstić information content (AvgIpc) is 2.81. The van der Waals surface area contributed by atoms with Crippen LogP contribution in [0.2, 0.25) is 0 Å². The van der Waals surface area contributed by atoms with Crippen molar-refractivity contribution in [2.45, 2.75) is 116 Å². The topological polar surface area (TPSA) is 63.6 Å². The van der Waals surface area contributed by atoms with Crippen molar-refractivity contribution in [1.29, 1.82) is 0 Å². The molecule has 0 spiro atoms. The Hall–Kier alpha value is -2.36. The molecule has 0 aliphatic rings. The molecule has 0 bridgehead atoms. The Morgan fingerprint density at radius 1 is 0.676 bits per heavy atom. The number of carboxylic acid groups (broad SMARTS) is 1. The molecule has 34 heavy (non-hydrogen) atoms. The van der Waals surface area contributed by atoms with E-state index in [1.165, 1.54) is 0 Å². The largest absolute Gasteiger partial charge is 0.481 e. The van der Waals surface area contributed by atoms with E-state index in [2.05, 4.69) is 62.5 Å². The van der Waals surface area contributed by atoms with Gasteiger partial charge in [0.05, 0.1) is 6.42 Å². The molecule has 0 amide bonds. The van der Waals surface area contributed by atoms with Gasteiger partial charge in [-0.2, -0.15) is 0 Å². The Labute approximate surface area is 208 Å². The van der Waals surface area contributed by atoms with Crippen LogP contribution in [-0.2, 0) is 14.3 Å². The second-order valence-electron chi connectivity index (χ2n) is 8.51. The maximum atomic E-state index is 12.2. The van der Waals surface area contributed by atoms with Gasteiger partial charge in [0, 0.05) is 6.42 Å². The normalized spacial score (nSPS) is 13.2. The maximum absolute atomic E-state index is 12.2. The van der Waals surface area contributed by atoms with E-state index >= 15 is 0 Å². The molecule has 0 aromatic heterocycles. The summed E-state index contributed by atoms with van der Waals surface area (Å²) >= 11 is 0. The minimum atomic E-state index is -0.747. The maximum Gasteiger partial charge on any atom is 0.309 e. The molecule has 0 radical (unpaired) electrons. The van der Waals surface area contributed by atoms with Crippen LogP contribution < -0.4 is 0 Å². The van der Waals surface area contributed by atoms with Crippen LogP contribution in [0.25, 0.3) is 0 Å². The number of carbonyl (C=O) groups excluding carboxylic acids is 1. The molecular formula is C30H48O4. The van der Waals surface area contributed by atoms with Crippen molar-refractivity contribution in [1.82, 2.24) is 0 Å². The first-order valence-electron chi connectivity index (χ1n) is 13.3. The van der Waals surface area contributed by atoms with Gasteiger partial charge in [-0.3, -0.25) is 9.59 Å². The number of rotatable bonds is 22. The van der Waals surface area contributed by atoms with Crippen molar-refractivity contribution >= 4 is 11.9 Å². The Bertz CT molecular complexity index is 640. The monoisotopic (exact) mass is 472 g/mol. The minimum absolute atomic E-state index is 0.0494. The Balaban J connectivity index is 4.04. The summed E-state index contributed by atoms with van der Waals surface area (Å²) in [5, 5.41) is 8.73. The van der Waals surface area contributed by atoms with Gasteiger partial charge in [-0.1, -0.05) is 93.9 Å². The summed E-state index contributed by atoms with van der Waals surface area (Å²) in [7, 11) is 0. The zero-order valence-electron chi connectivity index (χ0n) is 21.6. The van der Waals surface area contributed by atoms with Crippen LogP contribution in [0.1, 0.15) is 110 Å². The molecule has 4 heteroatoms. The third kappa shape index (κ3) is 24.3. The molecule has 1 N–H and O–H groups in total. The summed E-state index contributed by atoms with van der Waals surface area (Å²) in [5.74, 6) is -0.920. The number of carboxylic acids is 1. The smallest absolute Gasteiger partial charge is 0.309 e. The number of carbonyl (C=O) groups is 2. The van der Waals surface area contributed by atoms with Crippen LogP contribution in [0.3, 0.4) is 0 Å². The van der Waals surface area contributed by atoms with Gasteiger partial charge in [0.25, 0.3) is 0 Å². The van der Waals surface area contributed by atoms with Gasteiger partial charge in [-0.15, -0.1) is 0 Å². The van der Waals surface area contributed by atoms with E-state index < -0.39 is 5.97 Å². The number of unbranched alkanes of at least 4 members (excludes halogenated alkanes) is 4. The van der Waals surface area contributed by atoms with Gasteiger partial charge < -0.3 is 9.84 Å². The minimum Gasteiger partial charge on any atom is -0.481 e. The van der Waals surface area contributed by atoms with Crippen molar-refractivity contribution in [2.75, 3.05) is 0 Å². The van der Waals surface area contributed by atoms with Crippen molar-refractivity contribution < 1.29 is 19.4 Å². The van der Waals surface area contributed by atoms with Gasteiger partial charge in [0.2, 0.25) is 0 Å². The molecule has 0 fully saturated rings. The zero-order valence-corrected chi connectivity index (χ0v) is 21.6. The Morgan fingerprint density at radius 3 is 1.68 bits per heavy atom. The van der Waals surface area contributed by atoms with Gasteiger partial charge in [-0.05, 0) is 64.2 Å². The molecule has 0 aliphatic carbocycles. The van der Waals surface area contributed by atoms with Crippen LogP contribution in [0, 0.1) is 0 Å². The summed E-state index contributed by atoms with van der Waals surface area (Å²) in [5.41, 5.74) is 0. The van der Waals surface area contributed by atoms with E-state index in [1.54, 1.807) is 0 Å². The highest BCUT2D eigenvalue weighted by Crippen LogP contribution is 2.16. The van der Waals surface area contributed by atoms with Crippen LogP contribution in [0.4, 0.5) is 0 Å². The third-order valence-electron chi connectivity index (χ3n) is 5.29.